The van der Waals surface area contributed by atoms with Gasteiger partial charge < -0.3 is 20.3 Å². The molecule has 0 atom stereocenters. The summed E-state index contributed by atoms with van der Waals surface area (Å²) in [5.74, 6) is 1.58. The molecule has 146 valence electrons. The Bertz CT molecular complexity index is 541. The van der Waals surface area contributed by atoms with E-state index in [2.05, 4.69) is 41.3 Å². The standard InChI is InChI=1S/C20H35N5O/c1-4-12-25-13-9-18(10-14-25)24-20(21-6-3)23-16-17-8-7-11-22-19(17)26-15-5-2/h7-8,11,18H,4-6,9-10,12-16H2,1-3H3,(H2,21,23,24). The van der Waals surface area contributed by atoms with Gasteiger partial charge in [0.2, 0.25) is 5.88 Å². The number of hydrogen-bond donors (Lipinski definition) is 2. The second-order valence-electron chi connectivity index (χ2n) is 6.77. The van der Waals surface area contributed by atoms with Crippen molar-refractivity contribution in [2.24, 2.45) is 4.99 Å². The van der Waals surface area contributed by atoms with Gasteiger partial charge in [-0.1, -0.05) is 19.9 Å². The van der Waals surface area contributed by atoms with Crippen LogP contribution in [0.4, 0.5) is 0 Å². The number of rotatable bonds is 9. The zero-order chi connectivity index (χ0) is 18.6. The molecule has 1 aliphatic heterocycles. The third-order valence-corrected chi connectivity index (χ3v) is 4.51. The molecule has 1 fully saturated rings. The highest BCUT2D eigenvalue weighted by atomic mass is 16.5. The Labute approximate surface area is 158 Å². The molecule has 0 aromatic carbocycles. The third kappa shape index (κ3) is 6.83. The second-order valence-corrected chi connectivity index (χ2v) is 6.77. The second kappa shape index (κ2) is 11.7. The lowest BCUT2D eigenvalue weighted by molar-refractivity contribution is 0.206. The maximum Gasteiger partial charge on any atom is 0.218 e. The minimum Gasteiger partial charge on any atom is -0.477 e. The van der Waals surface area contributed by atoms with Crippen LogP contribution < -0.4 is 15.4 Å². The number of nitrogens with one attached hydrogen (secondary N) is 2. The molecule has 0 amide bonds. The summed E-state index contributed by atoms with van der Waals surface area (Å²) in [6.07, 6.45) is 6.31. The van der Waals surface area contributed by atoms with Crippen LogP contribution in [0, 0.1) is 0 Å². The molecule has 2 heterocycles. The highest BCUT2D eigenvalue weighted by Crippen LogP contribution is 2.16. The van der Waals surface area contributed by atoms with E-state index in [9.17, 15) is 0 Å². The van der Waals surface area contributed by atoms with Crippen molar-refractivity contribution in [3.05, 3.63) is 23.9 Å². The maximum atomic E-state index is 5.74. The van der Waals surface area contributed by atoms with Crippen LogP contribution in [-0.4, -0.2) is 54.7 Å². The first kappa shape index (κ1) is 20.5. The zero-order valence-corrected chi connectivity index (χ0v) is 16.6. The van der Waals surface area contributed by atoms with E-state index in [1.807, 2.05) is 12.1 Å². The summed E-state index contributed by atoms with van der Waals surface area (Å²) >= 11 is 0. The smallest absolute Gasteiger partial charge is 0.218 e. The van der Waals surface area contributed by atoms with Crippen molar-refractivity contribution >= 4 is 5.96 Å². The van der Waals surface area contributed by atoms with E-state index in [4.69, 9.17) is 9.73 Å². The molecule has 2 rings (SSSR count). The molecule has 0 saturated carbocycles. The Balaban J connectivity index is 1.93. The molecular formula is C20H35N5O. The summed E-state index contributed by atoms with van der Waals surface area (Å²) in [7, 11) is 0. The van der Waals surface area contributed by atoms with Crippen LogP contribution in [-0.2, 0) is 6.54 Å². The van der Waals surface area contributed by atoms with Crippen molar-refractivity contribution in [2.45, 2.75) is 59.0 Å². The monoisotopic (exact) mass is 361 g/mol. The topological polar surface area (TPSA) is 61.8 Å². The fourth-order valence-corrected chi connectivity index (χ4v) is 3.17. The van der Waals surface area contributed by atoms with Gasteiger partial charge in [-0.05, 0) is 45.2 Å². The molecule has 6 heteroatoms. The first-order chi connectivity index (χ1) is 12.8. The highest BCUT2D eigenvalue weighted by molar-refractivity contribution is 5.80. The molecule has 0 bridgehead atoms. The zero-order valence-electron chi connectivity index (χ0n) is 16.6. The quantitative estimate of drug-likeness (QED) is 0.523. The lowest BCUT2D eigenvalue weighted by Gasteiger charge is -2.32. The van der Waals surface area contributed by atoms with Gasteiger partial charge in [0.15, 0.2) is 5.96 Å². The SMILES string of the molecule is CCCOc1ncccc1CN=C(NCC)NC1CCN(CCC)CC1. The molecule has 6 nitrogen and oxygen atoms in total. The van der Waals surface area contributed by atoms with Crippen LogP contribution in [0.2, 0.25) is 0 Å². The summed E-state index contributed by atoms with van der Waals surface area (Å²) in [6, 6.07) is 4.47. The number of hydrogen-bond acceptors (Lipinski definition) is 4. The molecule has 1 aromatic rings. The fraction of sp³-hybridized carbons (Fsp3) is 0.700. The Morgan fingerprint density at radius 2 is 2.08 bits per heavy atom. The first-order valence-electron chi connectivity index (χ1n) is 10.1. The van der Waals surface area contributed by atoms with Gasteiger partial charge in [-0.15, -0.1) is 0 Å². The lowest BCUT2D eigenvalue weighted by Crippen LogP contribution is -2.48. The van der Waals surface area contributed by atoms with E-state index in [0.717, 1.165) is 24.5 Å². The van der Waals surface area contributed by atoms with Gasteiger partial charge in [-0.3, -0.25) is 0 Å². The Morgan fingerprint density at radius 1 is 1.27 bits per heavy atom. The number of piperidine rings is 1. The predicted octanol–water partition coefficient (Wildman–Crippen LogP) is 2.80. The highest BCUT2D eigenvalue weighted by Gasteiger charge is 2.19. The molecule has 1 saturated heterocycles. The van der Waals surface area contributed by atoms with E-state index in [1.165, 1.54) is 38.9 Å². The van der Waals surface area contributed by atoms with Gasteiger partial charge >= 0.3 is 0 Å². The van der Waals surface area contributed by atoms with Crippen LogP contribution in [0.1, 0.15) is 52.0 Å². The molecule has 0 unspecified atom stereocenters. The van der Waals surface area contributed by atoms with Gasteiger partial charge in [0.1, 0.15) is 0 Å². The summed E-state index contributed by atoms with van der Waals surface area (Å²) in [5.41, 5.74) is 1.02. The van der Waals surface area contributed by atoms with Gasteiger partial charge in [0, 0.05) is 37.4 Å². The molecule has 0 spiro atoms. The van der Waals surface area contributed by atoms with Crippen molar-refractivity contribution < 1.29 is 4.74 Å². The fourth-order valence-electron chi connectivity index (χ4n) is 3.17. The van der Waals surface area contributed by atoms with Crippen molar-refractivity contribution in [2.75, 3.05) is 32.8 Å². The minimum absolute atomic E-state index is 0.491. The normalized spacial score (nSPS) is 16.5. The number of likely N-dealkylation sites (tertiary alicyclic amines) is 1. The molecule has 0 radical (unpaired) electrons. The van der Waals surface area contributed by atoms with Crippen LogP contribution in [0.5, 0.6) is 5.88 Å². The third-order valence-electron chi connectivity index (χ3n) is 4.51. The van der Waals surface area contributed by atoms with Gasteiger partial charge in [0.25, 0.3) is 0 Å². The molecule has 1 aromatic heterocycles. The molecule has 0 aliphatic carbocycles. The van der Waals surface area contributed by atoms with E-state index in [0.29, 0.717) is 25.1 Å². The van der Waals surface area contributed by atoms with E-state index in [1.54, 1.807) is 6.20 Å². The maximum absolute atomic E-state index is 5.74. The Hall–Kier alpha value is -1.82. The summed E-state index contributed by atoms with van der Waals surface area (Å²) in [6.45, 7) is 12.1. The van der Waals surface area contributed by atoms with Gasteiger partial charge in [0.05, 0.1) is 13.2 Å². The van der Waals surface area contributed by atoms with E-state index in [-0.39, 0.29) is 0 Å². The molecule has 2 N–H and O–H groups in total. The molecular weight excluding hydrogens is 326 g/mol. The van der Waals surface area contributed by atoms with Crippen molar-refractivity contribution in [3.8, 4) is 5.88 Å². The molecule has 26 heavy (non-hydrogen) atoms. The summed E-state index contributed by atoms with van der Waals surface area (Å²) in [5, 5.41) is 6.97. The minimum atomic E-state index is 0.491. The lowest BCUT2D eigenvalue weighted by atomic mass is 10.1. The van der Waals surface area contributed by atoms with Crippen LogP contribution in [0.25, 0.3) is 0 Å². The number of aromatic nitrogens is 1. The Morgan fingerprint density at radius 3 is 2.77 bits per heavy atom. The van der Waals surface area contributed by atoms with Gasteiger partial charge in [-0.2, -0.15) is 0 Å². The number of nitrogens with zero attached hydrogens (tertiary/aromatic N) is 3. The van der Waals surface area contributed by atoms with E-state index >= 15 is 0 Å². The predicted molar refractivity (Wildman–Crippen MR) is 108 cm³/mol. The molecule has 1 aliphatic rings. The average Bonchev–Trinajstić information content (AvgIpc) is 2.67. The average molecular weight is 362 g/mol. The number of aliphatic imine (C=N–C) groups is 1. The number of guanidine groups is 1. The van der Waals surface area contributed by atoms with Crippen molar-refractivity contribution in [1.82, 2.24) is 20.5 Å². The first-order valence-corrected chi connectivity index (χ1v) is 10.1. The van der Waals surface area contributed by atoms with Crippen LogP contribution >= 0.6 is 0 Å². The van der Waals surface area contributed by atoms with Crippen LogP contribution in [0.15, 0.2) is 23.3 Å². The summed E-state index contributed by atoms with van der Waals surface area (Å²) in [4.78, 5) is 11.7. The van der Waals surface area contributed by atoms with Crippen molar-refractivity contribution in [1.29, 1.82) is 0 Å². The van der Waals surface area contributed by atoms with E-state index < -0.39 is 0 Å². The number of pyridine rings is 1. The Kier molecular flexibility index (Phi) is 9.24. The number of ether oxygens (including phenoxy) is 1. The summed E-state index contributed by atoms with van der Waals surface area (Å²) < 4.78 is 5.74. The van der Waals surface area contributed by atoms with Crippen LogP contribution in [0.3, 0.4) is 0 Å². The van der Waals surface area contributed by atoms with Crippen molar-refractivity contribution in [3.63, 3.8) is 0 Å². The van der Waals surface area contributed by atoms with Gasteiger partial charge in [-0.25, -0.2) is 9.98 Å². The largest absolute Gasteiger partial charge is 0.477 e.